The number of halogens is 5. The van der Waals surface area contributed by atoms with Crippen LogP contribution in [0.4, 0.5) is 17.6 Å². The highest BCUT2D eigenvalue weighted by molar-refractivity contribution is 6.31. The van der Waals surface area contributed by atoms with Crippen molar-refractivity contribution in [3.63, 3.8) is 0 Å². The van der Waals surface area contributed by atoms with Gasteiger partial charge < -0.3 is 5.32 Å². The van der Waals surface area contributed by atoms with Gasteiger partial charge in [0.05, 0.1) is 0 Å². The molecule has 112 valence electrons. The lowest BCUT2D eigenvalue weighted by Gasteiger charge is -2.19. The Morgan fingerprint density at radius 2 is 1.62 bits per heavy atom. The number of benzene rings is 2. The summed E-state index contributed by atoms with van der Waals surface area (Å²) >= 11 is 5.95. The van der Waals surface area contributed by atoms with Crippen LogP contribution in [0, 0.1) is 23.3 Å². The minimum Gasteiger partial charge on any atom is -0.313 e. The fourth-order valence-electron chi connectivity index (χ4n) is 2.15. The Kier molecular flexibility index (Phi) is 4.85. The van der Waals surface area contributed by atoms with Crippen LogP contribution in [0.2, 0.25) is 5.02 Å². The molecule has 21 heavy (non-hydrogen) atoms. The number of likely N-dealkylation sites (N-methyl/N-ethyl adjacent to an activating group) is 1. The second kappa shape index (κ2) is 6.45. The maximum atomic E-state index is 13.8. The van der Waals surface area contributed by atoms with Gasteiger partial charge in [0.2, 0.25) is 0 Å². The molecule has 0 radical (unpaired) electrons. The first-order valence-corrected chi connectivity index (χ1v) is 6.55. The van der Waals surface area contributed by atoms with Crippen molar-refractivity contribution >= 4 is 11.6 Å². The molecule has 0 aromatic heterocycles. The van der Waals surface area contributed by atoms with Gasteiger partial charge in [0.1, 0.15) is 23.3 Å². The summed E-state index contributed by atoms with van der Waals surface area (Å²) in [4.78, 5) is 0. The van der Waals surface area contributed by atoms with Gasteiger partial charge in [-0.1, -0.05) is 11.6 Å². The average molecular weight is 318 g/mol. The number of hydrogen-bond donors (Lipinski definition) is 1. The molecule has 0 aliphatic rings. The summed E-state index contributed by atoms with van der Waals surface area (Å²) in [7, 11) is 1.50. The van der Waals surface area contributed by atoms with E-state index in [1.807, 2.05) is 0 Å². The molecule has 1 atom stereocenters. The van der Waals surface area contributed by atoms with Gasteiger partial charge in [-0.3, -0.25) is 0 Å². The summed E-state index contributed by atoms with van der Waals surface area (Å²) in [6.45, 7) is 0. The first-order chi connectivity index (χ1) is 9.92. The Labute approximate surface area is 124 Å². The SMILES string of the molecule is CNC(Cc1cc(F)ccc1Cl)c1c(F)cc(F)cc1F. The van der Waals surface area contributed by atoms with Crippen molar-refractivity contribution in [2.24, 2.45) is 0 Å². The van der Waals surface area contributed by atoms with Gasteiger partial charge in [0.25, 0.3) is 0 Å². The Bertz CT molecular complexity index is 637. The zero-order chi connectivity index (χ0) is 15.6. The van der Waals surface area contributed by atoms with Crippen molar-refractivity contribution < 1.29 is 17.6 Å². The summed E-state index contributed by atoms with van der Waals surface area (Å²) in [5.41, 5.74) is 0.0957. The van der Waals surface area contributed by atoms with Gasteiger partial charge in [-0.15, -0.1) is 0 Å². The van der Waals surface area contributed by atoms with Crippen LogP contribution in [0.3, 0.4) is 0 Å². The molecule has 0 amide bonds. The molecule has 0 heterocycles. The van der Waals surface area contributed by atoms with Crippen molar-refractivity contribution in [1.82, 2.24) is 5.32 Å². The molecular formula is C15H12ClF4N. The van der Waals surface area contributed by atoms with Crippen molar-refractivity contribution in [3.8, 4) is 0 Å². The molecule has 2 rings (SSSR count). The number of nitrogens with one attached hydrogen (secondary N) is 1. The van der Waals surface area contributed by atoms with Crippen molar-refractivity contribution in [3.05, 3.63) is 69.8 Å². The lowest BCUT2D eigenvalue weighted by Crippen LogP contribution is -2.22. The van der Waals surface area contributed by atoms with E-state index in [0.29, 0.717) is 22.7 Å². The van der Waals surface area contributed by atoms with Gasteiger partial charge >= 0.3 is 0 Å². The molecule has 0 saturated carbocycles. The van der Waals surface area contributed by atoms with Gasteiger partial charge in [-0.05, 0) is 37.2 Å². The normalized spacial score (nSPS) is 12.5. The van der Waals surface area contributed by atoms with E-state index in [-0.39, 0.29) is 12.0 Å². The maximum Gasteiger partial charge on any atom is 0.133 e. The number of rotatable bonds is 4. The van der Waals surface area contributed by atoms with Crippen LogP contribution >= 0.6 is 11.6 Å². The Morgan fingerprint density at radius 3 is 2.19 bits per heavy atom. The van der Waals surface area contributed by atoms with Crippen LogP contribution in [0.25, 0.3) is 0 Å². The van der Waals surface area contributed by atoms with Crippen LogP contribution in [0.5, 0.6) is 0 Å². The van der Waals surface area contributed by atoms with Crippen LogP contribution in [0.15, 0.2) is 30.3 Å². The predicted octanol–water partition coefficient (Wildman–Crippen LogP) is 4.40. The minimum absolute atomic E-state index is 0.0621. The van der Waals surface area contributed by atoms with Crippen LogP contribution in [-0.4, -0.2) is 7.05 Å². The third kappa shape index (κ3) is 3.54. The summed E-state index contributed by atoms with van der Waals surface area (Å²) in [6, 6.07) is 4.18. The van der Waals surface area contributed by atoms with Crippen molar-refractivity contribution in [2.45, 2.75) is 12.5 Å². The second-order valence-electron chi connectivity index (χ2n) is 4.56. The molecular weight excluding hydrogens is 306 g/mol. The molecule has 0 spiro atoms. The van der Waals surface area contributed by atoms with E-state index < -0.39 is 29.3 Å². The Balaban J connectivity index is 2.39. The molecule has 6 heteroatoms. The van der Waals surface area contributed by atoms with E-state index in [9.17, 15) is 17.6 Å². The highest BCUT2D eigenvalue weighted by atomic mass is 35.5. The van der Waals surface area contributed by atoms with E-state index in [0.717, 1.165) is 0 Å². The lowest BCUT2D eigenvalue weighted by molar-refractivity contribution is 0.474. The average Bonchev–Trinajstić information content (AvgIpc) is 2.40. The van der Waals surface area contributed by atoms with Crippen molar-refractivity contribution in [1.29, 1.82) is 0 Å². The minimum atomic E-state index is -1.00. The zero-order valence-electron chi connectivity index (χ0n) is 11.1. The van der Waals surface area contributed by atoms with Crippen LogP contribution in [-0.2, 0) is 6.42 Å². The van der Waals surface area contributed by atoms with Gasteiger partial charge in [-0.2, -0.15) is 0 Å². The lowest BCUT2D eigenvalue weighted by atomic mass is 9.97. The topological polar surface area (TPSA) is 12.0 Å². The number of hydrogen-bond acceptors (Lipinski definition) is 1. The summed E-state index contributed by atoms with van der Waals surface area (Å²) in [6.07, 6.45) is 0.0621. The largest absolute Gasteiger partial charge is 0.313 e. The van der Waals surface area contributed by atoms with Crippen molar-refractivity contribution in [2.75, 3.05) is 7.05 Å². The van der Waals surface area contributed by atoms with E-state index in [1.165, 1.54) is 25.2 Å². The molecule has 1 N–H and O–H groups in total. The van der Waals surface area contributed by atoms with Crippen LogP contribution in [0.1, 0.15) is 17.2 Å². The third-order valence-corrected chi connectivity index (χ3v) is 3.54. The zero-order valence-corrected chi connectivity index (χ0v) is 11.8. The molecule has 1 nitrogen and oxygen atoms in total. The first-order valence-electron chi connectivity index (χ1n) is 6.18. The summed E-state index contributed by atoms with van der Waals surface area (Å²) < 4.78 is 53.8. The fraction of sp³-hybridized carbons (Fsp3) is 0.200. The van der Waals surface area contributed by atoms with Gasteiger partial charge in [0.15, 0.2) is 0 Å². The van der Waals surface area contributed by atoms with E-state index in [2.05, 4.69) is 5.32 Å². The highest BCUT2D eigenvalue weighted by Gasteiger charge is 2.21. The molecule has 0 saturated heterocycles. The van der Waals surface area contributed by atoms with Crippen LogP contribution < -0.4 is 5.32 Å². The highest BCUT2D eigenvalue weighted by Crippen LogP contribution is 2.28. The predicted molar refractivity (Wildman–Crippen MR) is 73.2 cm³/mol. The Hall–Kier alpha value is -1.59. The molecule has 1 unspecified atom stereocenters. The molecule has 0 aliphatic heterocycles. The molecule has 0 aliphatic carbocycles. The fourth-order valence-corrected chi connectivity index (χ4v) is 2.35. The van der Waals surface area contributed by atoms with E-state index in [1.54, 1.807) is 0 Å². The molecule has 0 fully saturated rings. The molecule has 0 bridgehead atoms. The first kappa shape index (κ1) is 15.8. The van der Waals surface area contributed by atoms with E-state index in [4.69, 9.17) is 11.6 Å². The summed E-state index contributed by atoms with van der Waals surface area (Å²) in [5.74, 6) is -3.49. The standard InChI is InChI=1S/C15H12ClF4N/c1-21-14(5-8-4-9(17)2-3-11(8)16)15-12(19)6-10(18)7-13(15)20/h2-4,6-7,14,21H,5H2,1H3. The maximum absolute atomic E-state index is 13.8. The molecule has 2 aromatic rings. The Morgan fingerprint density at radius 1 is 1.00 bits per heavy atom. The third-order valence-electron chi connectivity index (χ3n) is 3.17. The van der Waals surface area contributed by atoms with Gasteiger partial charge in [-0.25, -0.2) is 17.6 Å². The smallest absolute Gasteiger partial charge is 0.133 e. The monoisotopic (exact) mass is 317 g/mol. The summed E-state index contributed by atoms with van der Waals surface area (Å²) in [5, 5.41) is 3.02. The second-order valence-corrected chi connectivity index (χ2v) is 4.97. The van der Waals surface area contributed by atoms with Gasteiger partial charge in [0, 0.05) is 28.8 Å². The van der Waals surface area contributed by atoms with E-state index >= 15 is 0 Å². The quantitative estimate of drug-likeness (QED) is 0.824. The molecule has 2 aromatic carbocycles.